The molecule has 1 fully saturated rings. The van der Waals surface area contributed by atoms with E-state index in [1.165, 1.54) is 13.0 Å². The molecular weight excluding hydrogens is 283 g/mol. The van der Waals surface area contributed by atoms with Crippen LogP contribution in [0.4, 0.5) is 13.2 Å². The number of pyridine rings is 1. The molecule has 0 spiro atoms. The Morgan fingerprint density at radius 1 is 1.48 bits per heavy atom. The fourth-order valence-electron chi connectivity index (χ4n) is 2.70. The molecule has 21 heavy (non-hydrogen) atoms. The number of nitrogens with zero attached hydrogens (tertiary/aromatic N) is 2. The summed E-state index contributed by atoms with van der Waals surface area (Å²) in [7, 11) is 0. The third-order valence-electron chi connectivity index (χ3n) is 3.86. The van der Waals surface area contributed by atoms with Gasteiger partial charge in [0.2, 0.25) is 0 Å². The Kier molecular flexibility index (Phi) is 4.22. The molecule has 1 aromatic heterocycles. The minimum absolute atomic E-state index is 0.0349. The van der Waals surface area contributed by atoms with Gasteiger partial charge in [-0.15, -0.1) is 0 Å². The average molecular weight is 301 g/mol. The number of nitrogens with two attached hydrogens (primary N) is 1. The van der Waals surface area contributed by atoms with Crippen molar-refractivity contribution < 1.29 is 18.0 Å². The maximum absolute atomic E-state index is 12.6. The molecule has 0 saturated carbocycles. The van der Waals surface area contributed by atoms with Crippen LogP contribution in [0.2, 0.25) is 0 Å². The molecule has 1 saturated heterocycles. The van der Waals surface area contributed by atoms with Crippen LogP contribution in [0.5, 0.6) is 0 Å². The fourth-order valence-corrected chi connectivity index (χ4v) is 2.70. The third-order valence-corrected chi connectivity index (χ3v) is 3.86. The summed E-state index contributed by atoms with van der Waals surface area (Å²) >= 11 is 0. The van der Waals surface area contributed by atoms with Crippen LogP contribution in [-0.2, 0) is 6.18 Å². The monoisotopic (exact) mass is 301 g/mol. The van der Waals surface area contributed by atoms with Crippen molar-refractivity contribution in [1.29, 1.82) is 0 Å². The normalized spacial score (nSPS) is 22.7. The van der Waals surface area contributed by atoms with Crippen LogP contribution >= 0.6 is 0 Å². The predicted octanol–water partition coefficient (Wildman–Crippen LogP) is 2.22. The first-order valence-electron chi connectivity index (χ1n) is 6.80. The second kappa shape index (κ2) is 5.63. The number of carbonyl (C=O) groups is 1. The highest BCUT2D eigenvalue weighted by molar-refractivity contribution is 5.95. The van der Waals surface area contributed by atoms with Gasteiger partial charge in [-0.2, -0.15) is 13.2 Å². The molecule has 1 amide bonds. The van der Waals surface area contributed by atoms with Gasteiger partial charge in [0.25, 0.3) is 5.91 Å². The number of likely N-dealkylation sites (tertiary alicyclic amines) is 1. The molecule has 2 rings (SSSR count). The lowest BCUT2D eigenvalue weighted by atomic mass is 10.1. The highest BCUT2D eigenvalue weighted by Crippen LogP contribution is 2.29. The summed E-state index contributed by atoms with van der Waals surface area (Å²) in [5.74, 6) is -0.0381. The second-order valence-electron chi connectivity index (χ2n) is 5.47. The minimum Gasteiger partial charge on any atom is -0.336 e. The molecule has 1 aliphatic rings. The van der Waals surface area contributed by atoms with Crippen LogP contribution in [0.3, 0.4) is 0 Å². The Bertz CT molecular complexity index is 545. The van der Waals surface area contributed by atoms with E-state index in [4.69, 9.17) is 5.73 Å². The molecular formula is C14H18F3N3O. The Hall–Kier alpha value is -1.63. The molecule has 0 aromatic carbocycles. The van der Waals surface area contributed by atoms with Crippen molar-refractivity contribution in [3.63, 3.8) is 0 Å². The van der Waals surface area contributed by atoms with Gasteiger partial charge in [-0.1, -0.05) is 0 Å². The number of hydrogen-bond donors (Lipinski definition) is 1. The zero-order valence-corrected chi connectivity index (χ0v) is 11.9. The molecule has 2 N–H and O–H groups in total. The Morgan fingerprint density at radius 3 is 2.62 bits per heavy atom. The lowest BCUT2D eigenvalue weighted by molar-refractivity contribution is -0.141. The van der Waals surface area contributed by atoms with Crippen LogP contribution in [0.15, 0.2) is 12.1 Å². The first-order chi connectivity index (χ1) is 9.74. The number of amides is 1. The number of hydrogen-bond acceptors (Lipinski definition) is 3. The van der Waals surface area contributed by atoms with E-state index in [-0.39, 0.29) is 29.1 Å². The summed E-state index contributed by atoms with van der Waals surface area (Å²) in [6.07, 6.45) is -3.69. The lowest BCUT2D eigenvalue weighted by Gasteiger charge is -2.22. The zero-order chi connectivity index (χ0) is 15.8. The van der Waals surface area contributed by atoms with E-state index < -0.39 is 11.9 Å². The number of rotatable bonds is 2. The summed E-state index contributed by atoms with van der Waals surface area (Å²) < 4.78 is 37.8. The molecule has 7 heteroatoms. The summed E-state index contributed by atoms with van der Waals surface area (Å²) in [5.41, 5.74) is 4.95. The highest BCUT2D eigenvalue weighted by atomic mass is 19.4. The van der Waals surface area contributed by atoms with Crippen LogP contribution in [0, 0.1) is 12.8 Å². The summed E-state index contributed by atoms with van der Waals surface area (Å²) in [6.45, 7) is 4.37. The zero-order valence-electron chi connectivity index (χ0n) is 11.9. The van der Waals surface area contributed by atoms with Crippen molar-refractivity contribution in [2.45, 2.75) is 32.5 Å². The second-order valence-corrected chi connectivity index (χ2v) is 5.47. The molecule has 116 valence electrons. The predicted molar refractivity (Wildman–Crippen MR) is 71.6 cm³/mol. The molecule has 0 radical (unpaired) electrons. The molecule has 1 aromatic rings. The summed E-state index contributed by atoms with van der Waals surface area (Å²) in [5, 5.41) is 0. The van der Waals surface area contributed by atoms with Gasteiger partial charge in [0.15, 0.2) is 0 Å². The van der Waals surface area contributed by atoms with Crippen molar-refractivity contribution in [2.24, 2.45) is 11.7 Å². The topological polar surface area (TPSA) is 59.2 Å². The highest BCUT2D eigenvalue weighted by Gasteiger charge is 2.35. The van der Waals surface area contributed by atoms with Gasteiger partial charge in [-0.3, -0.25) is 4.79 Å². The van der Waals surface area contributed by atoms with Crippen LogP contribution in [0.25, 0.3) is 0 Å². The molecule has 2 atom stereocenters. The van der Waals surface area contributed by atoms with E-state index in [2.05, 4.69) is 4.98 Å². The maximum atomic E-state index is 12.6. The van der Waals surface area contributed by atoms with E-state index in [0.29, 0.717) is 13.1 Å². The Labute approximate surface area is 121 Å². The summed E-state index contributed by atoms with van der Waals surface area (Å²) in [4.78, 5) is 17.6. The number of alkyl halides is 3. The lowest BCUT2D eigenvalue weighted by Crippen LogP contribution is -2.35. The van der Waals surface area contributed by atoms with Gasteiger partial charge in [0.1, 0.15) is 5.69 Å². The standard InChI is InChI=1S/C14H18F3N3O/c1-8-5-10(6-18)7-20(8)13(21)11-3-4-12(14(15,16)17)19-9(11)2/h3-4,8,10H,5-7,18H2,1-2H3. The van der Waals surface area contributed by atoms with E-state index in [9.17, 15) is 18.0 Å². The summed E-state index contributed by atoms with van der Waals surface area (Å²) in [6, 6.07) is 2.09. The minimum atomic E-state index is -4.50. The molecule has 2 heterocycles. The van der Waals surface area contributed by atoms with Crippen molar-refractivity contribution in [1.82, 2.24) is 9.88 Å². The van der Waals surface area contributed by atoms with E-state index in [1.807, 2.05) is 6.92 Å². The molecule has 2 unspecified atom stereocenters. The first-order valence-corrected chi connectivity index (χ1v) is 6.80. The van der Waals surface area contributed by atoms with E-state index in [1.54, 1.807) is 4.90 Å². The Balaban J connectivity index is 2.24. The van der Waals surface area contributed by atoms with Crippen molar-refractivity contribution in [2.75, 3.05) is 13.1 Å². The van der Waals surface area contributed by atoms with Crippen LogP contribution in [-0.4, -0.2) is 34.9 Å². The maximum Gasteiger partial charge on any atom is 0.433 e. The van der Waals surface area contributed by atoms with E-state index in [0.717, 1.165) is 12.5 Å². The average Bonchev–Trinajstić information content (AvgIpc) is 2.78. The number of carbonyl (C=O) groups excluding carboxylic acids is 1. The van der Waals surface area contributed by atoms with Gasteiger partial charge < -0.3 is 10.6 Å². The first kappa shape index (κ1) is 15.8. The van der Waals surface area contributed by atoms with Gasteiger partial charge in [-0.25, -0.2) is 4.98 Å². The Morgan fingerprint density at radius 2 is 2.14 bits per heavy atom. The smallest absolute Gasteiger partial charge is 0.336 e. The number of aryl methyl sites for hydroxylation is 1. The number of halogens is 3. The van der Waals surface area contributed by atoms with Crippen LogP contribution < -0.4 is 5.73 Å². The third kappa shape index (κ3) is 3.18. The quantitative estimate of drug-likeness (QED) is 0.911. The molecule has 0 bridgehead atoms. The van der Waals surface area contributed by atoms with Gasteiger partial charge >= 0.3 is 6.18 Å². The van der Waals surface area contributed by atoms with Crippen LogP contribution in [0.1, 0.15) is 35.1 Å². The molecule has 0 aliphatic carbocycles. The van der Waals surface area contributed by atoms with Gasteiger partial charge in [0, 0.05) is 12.6 Å². The molecule has 1 aliphatic heterocycles. The van der Waals surface area contributed by atoms with Gasteiger partial charge in [0.05, 0.1) is 11.3 Å². The van der Waals surface area contributed by atoms with Crippen molar-refractivity contribution in [3.8, 4) is 0 Å². The number of aromatic nitrogens is 1. The van der Waals surface area contributed by atoms with Crippen molar-refractivity contribution in [3.05, 3.63) is 29.1 Å². The van der Waals surface area contributed by atoms with Crippen molar-refractivity contribution >= 4 is 5.91 Å². The SMILES string of the molecule is Cc1nc(C(F)(F)F)ccc1C(=O)N1CC(CN)CC1C. The fraction of sp³-hybridized carbons (Fsp3) is 0.571. The molecule has 4 nitrogen and oxygen atoms in total. The van der Waals surface area contributed by atoms with Gasteiger partial charge in [-0.05, 0) is 44.9 Å². The van der Waals surface area contributed by atoms with E-state index >= 15 is 0 Å². The largest absolute Gasteiger partial charge is 0.433 e.